The van der Waals surface area contributed by atoms with Crippen LogP contribution in [0.2, 0.25) is 0 Å². The monoisotopic (exact) mass is 957 g/mol. The zero-order chi connectivity index (χ0) is 47.9. The molecule has 0 saturated carbocycles. The Balaban J connectivity index is 2.24. The van der Waals surface area contributed by atoms with E-state index < -0.39 is 5.97 Å². The number of carboxylic acids is 1. The molecule has 0 aromatic heterocycles. The lowest BCUT2D eigenvalue weighted by Gasteiger charge is -2.18. The molecular weight excluding hydrogens is 849 g/mol. The Morgan fingerprint density at radius 1 is 0.433 bits per heavy atom. The van der Waals surface area contributed by atoms with Crippen molar-refractivity contribution in [1.29, 1.82) is 0 Å². The van der Waals surface area contributed by atoms with Crippen LogP contribution in [0.5, 0.6) is 0 Å². The second kappa shape index (κ2) is 55.5. The Bertz CT molecular complexity index is 947. The fraction of sp³-hybridized carbons (Fsp3) is 0.964. The smallest absolute Gasteiger partial charge is 0.303 e. The van der Waals surface area contributed by atoms with Crippen LogP contribution in [0.3, 0.4) is 0 Å². The van der Waals surface area contributed by atoms with Gasteiger partial charge >= 0.3 is 5.97 Å². The van der Waals surface area contributed by atoms with Crippen molar-refractivity contribution in [2.24, 2.45) is 0 Å². The van der Waals surface area contributed by atoms with Crippen LogP contribution < -0.4 is 10.6 Å². The van der Waals surface area contributed by atoms with Gasteiger partial charge in [-0.3, -0.25) is 9.59 Å². The summed E-state index contributed by atoms with van der Waals surface area (Å²) in [6.07, 6.45) is 45.3. The van der Waals surface area contributed by atoms with Gasteiger partial charge in [0, 0.05) is 65.7 Å². The Morgan fingerprint density at radius 2 is 0.806 bits per heavy atom. The van der Waals surface area contributed by atoms with Crippen LogP contribution >= 0.6 is 0 Å². The van der Waals surface area contributed by atoms with E-state index in [0.717, 1.165) is 104 Å². The van der Waals surface area contributed by atoms with E-state index in [4.69, 9.17) is 38.3 Å². The van der Waals surface area contributed by atoms with E-state index >= 15 is 0 Å². The summed E-state index contributed by atoms with van der Waals surface area (Å²) in [5.41, 5.74) is 0. The fourth-order valence-corrected chi connectivity index (χ4v) is 8.47. The Morgan fingerprint density at radius 3 is 1.25 bits per heavy atom. The molecule has 3 N–H and O–H groups in total. The maximum absolute atomic E-state index is 11.6. The highest BCUT2D eigenvalue weighted by Crippen LogP contribution is 2.16. The molecule has 1 aliphatic rings. The first kappa shape index (κ1) is 63.6. The van der Waals surface area contributed by atoms with E-state index in [1.165, 1.54) is 180 Å². The molecule has 0 aromatic rings. The zero-order valence-electron chi connectivity index (χ0n) is 43.5. The van der Waals surface area contributed by atoms with Crippen LogP contribution in [0.1, 0.15) is 244 Å². The summed E-state index contributed by atoms with van der Waals surface area (Å²) in [6, 6.07) is 0. The number of unbranched alkanes of at least 4 members (excludes halogenated alkanes) is 8. The molecule has 67 heavy (non-hydrogen) atoms. The molecule has 1 aliphatic heterocycles. The number of carbonyl (C=O) groups excluding carboxylic acids is 1. The second-order valence-corrected chi connectivity index (χ2v) is 19.2. The van der Waals surface area contributed by atoms with Gasteiger partial charge in [0.2, 0.25) is 5.91 Å². The van der Waals surface area contributed by atoms with Crippen LogP contribution in [0.25, 0.3) is 0 Å². The molecule has 1 heterocycles. The molecule has 0 spiro atoms. The molecule has 12 nitrogen and oxygen atoms in total. The predicted molar refractivity (Wildman–Crippen MR) is 274 cm³/mol. The Kier molecular flexibility index (Phi) is 52.8. The van der Waals surface area contributed by atoms with E-state index in [1.807, 2.05) is 0 Å². The Hall–Kier alpha value is -1.38. The first-order valence-corrected chi connectivity index (χ1v) is 28.5. The number of rotatable bonds is 16. The summed E-state index contributed by atoms with van der Waals surface area (Å²) < 4.78 is 41.1. The first-order valence-electron chi connectivity index (χ1n) is 28.5. The van der Waals surface area contributed by atoms with Crippen molar-refractivity contribution in [2.75, 3.05) is 92.7 Å². The van der Waals surface area contributed by atoms with Gasteiger partial charge in [-0.05, 0) is 44.9 Å². The van der Waals surface area contributed by atoms with Crippen molar-refractivity contribution in [2.45, 2.75) is 250 Å². The third-order valence-corrected chi connectivity index (χ3v) is 12.8. The van der Waals surface area contributed by atoms with Crippen molar-refractivity contribution in [1.82, 2.24) is 10.6 Å². The van der Waals surface area contributed by atoms with Gasteiger partial charge < -0.3 is 48.9 Å². The quantitative estimate of drug-likeness (QED) is 0.127. The molecule has 0 aliphatic carbocycles. The van der Waals surface area contributed by atoms with Gasteiger partial charge in [0.1, 0.15) is 13.6 Å². The molecule has 0 aromatic carbocycles. The van der Waals surface area contributed by atoms with Gasteiger partial charge in [0.05, 0.1) is 32.3 Å². The standard InChI is InChI=1S/C55H108N2O10/c58-54(36-37-55(59)60)57-39-30-24-18-12-11-17-23-29-35-46-67-53-38-47-61-42-31-25-19-13-7-3-1-5-9-15-21-27-33-44-63-51-65-48-40-56-41-49-66-52-64-45-34-28-22-16-10-6-2-4-8-14-20-26-32-43-62-50-53/h53,56H,1-52H2,(H,57,58)(H,59,60). The molecule has 1 fully saturated rings. The highest BCUT2D eigenvalue weighted by atomic mass is 16.7. The number of carbonyl (C=O) groups is 2. The van der Waals surface area contributed by atoms with Crippen LogP contribution in [0, 0.1) is 0 Å². The highest BCUT2D eigenvalue weighted by Gasteiger charge is 2.10. The molecule has 0 bridgehead atoms. The van der Waals surface area contributed by atoms with Crippen LogP contribution in [0.4, 0.5) is 0 Å². The van der Waals surface area contributed by atoms with Crippen molar-refractivity contribution in [3.63, 3.8) is 0 Å². The minimum Gasteiger partial charge on any atom is -0.481 e. The molecule has 0 radical (unpaired) electrons. The lowest BCUT2D eigenvalue weighted by molar-refractivity contribution is -0.138. The normalized spacial score (nSPS) is 21.3. The molecule has 1 unspecified atom stereocenters. The van der Waals surface area contributed by atoms with E-state index in [0.29, 0.717) is 40.0 Å². The van der Waals surface area contributed by atoms with Crippen LogP contribution in [0.15, 0.2) is 0 Å². The molecule has 12 heteroatoms. The van der Waals surface area contributed by atoms with Crippen molar-refractivity contribution >= 4 is 11.9 Å². The van der Waals surface area contributed by atoms with Gasteiger partial charge in [-0.15, -0.1) is 0 Å². The minimum absolute atomic E-state index is 0.0656. The maximum atomic E-state index is 11.6. The van der Waals surface area contributed by atoms with E-state index in [2.05, 4.69) is 10.6 Å². The highest BCUT2D eigenvalue weighted by molar-refractivity contribution is 5.80. The number of aliphatic carboxylic acids is 1. The zero-order valence-corrected chi connectivity index (χ0v) is 43.5. The largest absolute Gasteiger partial charge is 0.481 e. The first-order chi connectivity index (χ1) is 33.2. The summed E-state index contributed by atoms with van der Waals surface area (Å²) in [5.74, 6) is -1.09. The number of carboxylic acid groups (broad SMARTS) is 1. The fourth-order valence-electron chi connectivity index (χ4n) is 8.47. The molecular formula is C55H108N2O10. The third kappa shape index (κ3) is 53.8. The maximum Gasteiger partial charge on any atom is 0.303 e. The average molecular weight is 957 g/mol. The number of hydrogen-bond acceptors (Lipinski definition) is 10. The number of hydrogen-bond donors (Lipinski definition) is 3. The predicted octanol–water partition coefficient (Wildman–Crippen LogP) is 13.0. The summed E-state index contributed by atoms with van der Waals surface area (Å²) >= 11 is 0. The average Bonchev–Trinajstić information content (AvgIpc) is 3.32. The van der Waals surface area contributed by atoms with Gasteiger partial charge in [-0.1, -0.05) is 186 Å². The van der Waals surface area contributed by atoms with Crippen molar-refractivity contribution < 1.29 is 47.9 Å². The van der Waals surface area contributed by atoms with Crippen molar-refractivity contribution in [3.05, 3.63) is 0 Å². The Labute approximate surface area is 411 Å². The number of nitrogens with one attached hydrogen (secondary N) is 2. The van der Waals surface area contributed by atoms with Crippen LogP contribution in [-0.4, -0.2) is 116 Å². The molecule has 1 atom stereocenters. The lowest BCUT2D eigenvalue weighted by Crippen LogP contribution is -2.24. The molecule has 1 rings (SSSR count). The number of ether oxygens (including phenoxy) is 7. The van der Waals surface area contributed by atoms with Gasteiger partial charge in [-0.2, -0.15) is 0 Å². The lowest BCUT2D eigenvalue weighted by atomic mass is 10.0. The van der Waals surface area contributed by atoms with Crippen LogP contribution in [-0.2, 0) is 42.7 Å². The SMILES string of the molecule is O=C(O)CCC(=O)NCCCCCCCCCCCOC1CCOCCCCCCCCCCCCCCCOCOCCNCCOCOCCCCCCCCCCCCCCCOC1. The number of amides is 1. The van der Waals surface area contributed by atoms with Gasteiger partial charge in [0.15, 0.2) is 0 Å². The third-order valence-electron chi connectivity index (χ3n) is 12.8. The van der Waals surface area contributed by atoms with Crippen molar-refractivity contribution in [3.8, 4) is 0 Å². The molecule has 1 saturated heterocycles. The second-order valence-electron chi connectivity index (χ2n) is 19.2. The minimum atomic E-state index is -0.928. The van der Waals surface area contributed by atoms with E-state index in [1.54, 1.807) is 0 Å². The molecule has 1 amide bonds. The van der Waals surface area contributed by atoms with Gasteiger partial charge in [-0.25, -0.2) is 0 Å². The van der Waals surface area contributed by atoms with E-state index in [-0.39, 0.29) is 24.9 Å². The van der Waals surface area contributed by atoms with E-state index in [9.17, 15) is 9.59 Å². The summed E-state index contributed by atoms with van der Waals surface area (Å²) in [7, 11) is 0. The summed E-state index contributed by atoms with van der Waals surface area (Å²) in [6.45, 7) is 9.79. The molecule has 398 valence electrons. The summed E-state index contributed by atoms with van der Waals surface area (Å²) in [4.78, 5) is 22.2. The van der Waals surface area contributed by atoms with Gasteiger partial charge in [0.25, 0.3) is 0 Å². The topological polar surface area (TPSA) is 143 Å². The summed E-state index contributed by atoms with van der Waals surface area (Å²) in [5, 5.41) is 14.9.